The van der Waals surface area contributed by atoms with Gasteiger partial charge in [-0.2, -0.15) is 0 Å². The number of rotatable bonds is 2. The second-order valence-corrected chi connectivity index (χ2v) is 2.88. The molecule has 1 rings (SSSR count). The molecule has 0 aliphatic carbocycles. The van der Waals surface area contributed by atoms with E-state index in [1.54, 1.807) is 0 Å². The molecule has 11 heavy (non-hydrogen) atoms. The highest BCUT2D eigenvalue weighted by Crippen LogP contribution is 1.97. The molecule has 0 aromatic carbocycles. The van der Waals surface area contributed by atoms with E-state index in [1.807, 2.05) is 6.92 Å². The first-order valence-electron chi connectivity index (χ1n) is 3.61. The van der Waals surface area contributed by atoms with E-state index in [0.29, 0.717) is 17.2 Å². The van der Waals surface area contributed by atoms with Crippen LogP contribution in [0.15, 0.2) is 4.99 Å². The molecule has 1 heterocycles. The summed E-state index contributed by atoms with van der Waals surface area (Å²) >= 11 is 4.78. The van der Waals surface area contributed by atoms with Crippen molar-refractivity contribution in [2.24, 2.45) is 4.99 Å². The van der Waals surface area contributed by atoms with Gasteiger partial charge in [-0.1, -0.05) is 25.6 Å². The predicted molar refractivity (Wildman–Crippen MR) is 48.0 cm³/mol. The van der Waals surface area contributed by atoms with Crippen LogP contribution in [0, 0.1) is 0 Å². The topological polar surface area (TPSA) is 41.5 Å². The Hall–Kier alpha value is -0.770. The third-order valence-electron chi connectivity index (χ3n) is 1.42. The van der Waals surface area contributed by atoms with Gasteiger partial charge in [0.05, 0.1) is 6.54 Å². The first-order valence-corrected chi connectivity index (χ1v) is 4.02. The molecule has 0 saturated carbocycles. The Kier molecular flexibility index (Phi) is 2.70. The van der Waals surface area contributed by atoms with Gasteiger partial charge in [0.1, 0.15) is 10.7 Å². The van der Waals surface area contributed by atoms with Gasteiger partial charge >= 0.3 is 0 Å². The van der Waals surface area contributed by atoms with Crippen LogP contribution in [0.3, 0.4) is 0 Å². The second-order valence-electron chi connectivity index (χ2n) is 2.39. The predicted octanol–water partition coefficient (Wildman–Crippen LogP) is 0.685. The van der Waals surface area contributed by atoms with Crippen molar-refractivity contribution in [1.82, 2.24) is 5.32 Å². The maximum absolute atomic E-state index is 11.1. The largest absolute Gasteiger partial charge is 0.314 e. The zero-order chi connectivity index (χ0) is 8.27. The van der Waals surface area contributed by atoms with Crippen LogP contribution in [0.2, 0.25) is 0 Å². The minimum Gasteiger partial charge on any atom is -0.314 e. The Morgan fingerprint density at radius 1 is 1.73 bits per heavy atom. The van der Waals surface area contributed by atoms with E-state index >= 15 is 0 Å². The summed E-state index contributed by atoms with van der Waals surface area (Å²) < 4.78 is 0. The van der Waals surface area contributed by atoms with Crippen LogP contribution in [0.1, 0.15) is 19.8 Å². The number of nitrogens with one attached hydrogen (secondary N) is 1. The van der Waals surface area contributed by atoms with Gasteiger partial charge in [-0.3, -0.25) is 9.79 Å². The lowest BCUT2D eigenvalue weighted by atomic mass is 10.2. The number of carbonyl (C=O) groups excluding carboxylic acids is 1. The van der Waals surface area contributed by atoms with Gasteiger partial charge in [-0.25, -0.2) is 0 Å². The van der Waals surface area contributed by atoms with Crippen LogP contribution < -0.4 is 5.32 Å². The Bertz CT molecular complexity index is 222. The first kappa shape index (κ1) is 8.33. The van der Waals surface area contributed by atoms with Crippen molar-refractivity contribution in [3.63, 3.8) is 0 Å². The summed E-state index contributed by atoms with van der Waals surface area (Å²) in [5.74, 6) is -0.122. The third kappa shape index (κ3) is 2.08. The maximum Gasteiger partial charge on any atom is 0.270 e. The molecule has 0 saturated heterocycles. The lowest BCUT2D eigenvalue weighted by Crippen LogP contribution is -2.40. The van der Waals surface area contributed by atoms with Crippen LogP contribution in [0.5, 0.6) is 0 Å². The average molecular weight is 170 g/mol. The Labute approximate surface area is 70.9 Å². The summed E-state index contributed by atoms with van der Waals surface area (Å²) in [6.45, 7) is 2.49. The standard InChI is InChI=1S/C7H10N2OS/c1-2-3-5-7(10)9-6(11)4-8-5/h2-4H2,1H3,(H,9,10,11). The zero-order valence-corrected chi connectivity index (χ0v) is 7.20. The van der Waals surface area contributed by atoms with Gasteiger partial charge < -0.3 is 5.32 Å². The number of thiocarbonyl (C=S) groups is 1. The molecule has 60 valence electrons. The number of carbonyl (C=O) groups is 1. The Balaban J connectivity index is 2.64. The van der Waals surface area contributed by atoms with Crippen LogP contribution in [0.4, 0.5) is 0 Å². The molecule has 3 nitrogen and oxygen atoms in total. The van der Waals surface area contributed by atoms with Crippen molar-refractivity contribution in [2.45, 2.75) is 19.8 Å². The highest BCUT2D eigenvalue weighted by atomic mass is 32.1. The number of hydrogen-bond acceptors (Lipinski definition) is 3. The molecular formula is C7H10N2OS. The Morgan fingerprint density at radius 2 is 2.45 bits per heavy atom. The summed E-state index contributed by atoms with van der Waals surface area (Å²) in [7, 11) is 0. The van der Waals surface area contributed by atoms with Crippen molar-refractivity contribution in [1.29, 1.82) is 0 Å². The van der Waals surface area contributed by atoms with E-state index in [0.717, 1.165) is 12.8 Å². The number of hydrogen-bond donors (Lipinski definition) is 1. The quantitative estimate of drug-likeness (QED) is 0.619. The normalized spacial score (nSPS) is 17.7. The fraction of sp³-hybridized carbons (Fsp3) is 0.571. The van der Waals surface area contributed by atoms with Gasteiger partial charge in [-0.15, -0.1) is 0 Å². The highest BCUT2D eigenvalue weighted by molar-refractivity contribution is 7.80. The summed E-state index contributed by atoms with van der Waals surface area (Å²) in [6.07, 6.45) is 1.69. The number of amides is 1. The molecule has 0 atom stereocenters. The van der Waals surface area contributed by atoms with E-state index in [4.69, 9.17) is 12.2 Å². The number of aliphatic imine (C=N–C) groups is 1. The van der Waals surface area contributed by atoms with Gasteiger partial charge in [-0.05, 0) is 6.42 Å². The highest BCUT2D eigenvalue weighted by Gasteiger charge is 2.15. The van der Waals surface area contributed by atoms with Gasteiger partial charge in [0.25, 0.3) is 5.91 Å². The molecule has 1 aliphatic heterocycles. The molecule has 1 aliphatic rings. The summed E-state index contributed by atoms with van der Waals surface area (Å²) in [6, 6.07) is 0. The van der Waals surface area contributed by atoms with E-state index < -0.39 is 0 Å². The van der Waals surface area contributed by atoms with Crippen molar-refractivity contribution in [3.05, 3.63) is 0 Å². The van der Waals surface area contributed by atoms with Gasteiger partial charge in [0, 0.05) is 0 Å². The zero-order valence-electron chi connectivity index (χ0n) is 6.39. The summed E-state index contributed by atoms with van der Waals surface area (Å²) in [5, 5.41) is 2.58. The lowest BCUT2D eigenvalue weighted by Gasteiger charge is -2.12. The molecule has 0 spiro atoms. The third-order valence-corrected chi connectivity index (χ3v) is 1.65. The molecule has 1 amide bonds. The van der Waals surface area contributed by atoms with Crippen molar-refractivity contribution < 1.29 is 4.79 Å². The SMILES string of the molecule is CCCC1=NCC(=S)NC1=O. The van der Waals surface area contributed by atoms with E-state index in [9.17, 15) is 4.79 Å². The lowest BCUT2D eigenvalue weighted by molar-refractivity contribution is -0.113. The molecule has 0 radical (unpaired) electrons. The molecule has 0 aromatic heterocycles. The van der Waals surface area contributed by atoms with Crippen molar-refractivity contribution in [2.75, 3.05) is 6.54 Å². The van der Waals surface area contributed by atoms with Crippen LogP contribution >= 0.6 is 12.2 Å². The molecule has 0 fully saturated rings. The monoisotopic (exact) mass is 170 g/mol. The van der Waals surface area contributed by atoms with Gasteiger partial charge in [0.2, 0.25) is 0 Å². The van der Waals surface area contributed by atoms with Gasteiger partial charge in [0.15, 0.2) is 0 Å². The molecular weight excluding hydrogens is 160 g/mol. The first-order chi connectivity index (χ1) is 5.24. The van der Waals surface area contributed by atoms with E-state index in [2.05, 4.69) is 10.3 Å². The molecule has 0 aromatic rings. The fourth-order valence-corrected chi connectivity index (χ4v) is 1.06. The maximum atomic E-state index is 11.1. The minimum atomic E-state index is -0.122. The molecule has 0 unspecified atom stereocenters. The van der Waals surface area contributed by atoms with E-state index in [-0.39, 0.29) is 5.91 Å². The Morgan fingerprint density at radius 3 is 3.00 bits per heavy atom. The van der Waals surface area contributed by atoms with Crippen molar-refractivity contribution >= 4 is 28.8 Å². The smallest absolute Gasteiger partial charge is 0.270 e. The molecule has 1 N–H and O–H groups in total. The molecule has 0 bridgehead atoms. The van der Waals surface area contributed by atoms with Crippen LogP contribution in [-0.2, 0) is 4.79 Å². The average Bonchev–Trinajstić information content (AvgIpc) is 1.95. The van der Waals surface area contributed by atoms with Crippen LogP contribution in [-0.4, -0.2) is 23.2 Å². The summed E-state index contributed by atoms with van der Waals surface area (Å²) in [4.78, 5) is 15.6. The van der Waals surface area contributed by atoms with E-state index in [1.165, 1.54) is 0 Å². The van der Waals surface area contributed by atoms with Crippen molar-refractivity contribution in [3.8, 4) is 0 Å². The van der Waals surface area contributed by atoms with Crippen LogP contribution in [0.25, 0.3) is 0 Å². The fourth-order valence-electron chi connectivity index (χ4n) is 0.907. The summed E-state index contributed by atoms with van der Waals surface area (Å²) in [5.41, 5.74) is 0.626. The minimum absolute atomic E-state index is 0.122. The second kappa shape index (κ2) is 3.57. The molecule has 4 heteroatoms. The number of nitrogens with zero attached hydrogens (tertiary/aromatic N) is 1.